The van der Waals surface area contributed by atoms with E-state index >= 15 is 0 Å². The number of aromatic nitrogens is 1. The average Bonchev–Trinajstić information content (AvgIpc) is 3.89. The van der Waals surface area contributed by atoms with Crippen molar-refractivity contribution in [3.8, 4) is 39.1 Å². The summed E-state index contributed by atoms with van der Waals surface area (Å²) in [5, 5.41) is 7.04. The van der Waals surface area contributed by atoms with E-state index in [1.807, 2.05) is 0 Å². The standard InChI is InChI=1S/C58H38N2O/c1-2-16-40(17-3-1)45-21-6-10-27-52(45)59(55-30-13-9-25-49(55)50-26-15-31-56-57(50)51-37-34-41-18-4-5-22-46(41)58(51)61-56)43-35-32-39(33-36-43)42-19-14-20-44(38-42)60-53-28-11-7-23-47(53)48-24-8-12-29-54(48)60/h1-38H. The Balaban J connectivity index is 1.03. The SMILES string of the molecule is c1ccc(-c2ccccc2N(c2ccc(-c3cccc(-n4c5ccccc5c5ccccc54)c3)cc2)c2ccccc2-c2cccc3oc4c5ccccc5ccc4c23)cc1. The molecule has 2 heterocycles. The van der Waals surface area contributed by atoms with Gasteiger partial charge in [0.05, 0.1) is 22.4 Å². The molecule has 0 aliphatic carbocycles. The first kappa shape index (κ1) is 34.9. The van der Waals surface area contributed by atoms with Crippen LogP contribution in [0.3, 0.4) is 0 Å². The summed E-state index contributed by atoms with van der Waals surface area (Å²) in [5.41, 5.74) is 15.5. The topological polar surface area (TPSA) is 21.3 Å². The largest absolute Gasteiger partial charge is 0.455 e. The van der Waals surface area contributed by atoms with Crippen molar-refractivity contribution in [1.29, 1.82) is 0 Å². The fourth-order valence-corrected chi connectivity index (χ4v) is 9.44. The van der Waals surface area contributed by atoms with Gasteiger partial charge in [-0.1, -0.05) is 170 Å². The summed E-state index contributed by atoms with van der Waals surface area (Å²) in [6.45, 7) is 0. The number of furan rings is 1. The van der Waals surface area contributed by atoms with E-state index in [4.69, 9.17) is 4.42 Å². The number of rotatable bonds is 7. The highest BCUT2D eigenvalue weighted by molar-refractivity contribution is 6.20. The van der Waals surface area contributed by atoms with Crippen LogP contribution in [0.25, 0.3) is 93.6 Å². The van der Waals surface area contributed by atoms with Crippen molar-refractivity contribution >= 4 is 71.6 Å². The highest BCUT2D eigenvalue weighted by Gasteiger charge is 2.23. The molecule has 0 saturated heterocycles. The zero-order chi connectivity index (χ0) is 40.3. The quantitative estimate of drug-likeness (QED) is 0.161. The molecule has 286 valence electrons. The number of nitrogens with zero attached hydrogens (tertiary/aromatic N) is 2. The molecule has 0 radical (unpaired) electrons. The lowest BCUT2D eigenvalue weighted by Gasteiger charge is -2.30. The van der Waals surface area contributed by atoms with Gasteiger partial charge in [0.1, 0.15) is 11.2 Å². The fraction of sp³-hybridized carbons (Fsp3) is 0. The molecule has 0 amide bonds. The summed E-state index contributed by atoms with van der Waals surface area (Å²) in [7, 11) is 0. The summed E-state index contributed by atoms with van der Waals surface area (Å²) in [5.74, 6) is 0. The zero-order valence-electron chi connectivity index (χ0n) is 33.2. The third-order valence-corrected chi connectivity index (χ3v) is 12.2. The van der Waals surface area contributed by atoms with E-state index in [-0.39, 0.29) is 0 Å². The van der Waals surface area contributed by atoms with E-state index < -0.39 is 0 Å². The molecule has 3 heteroatoms. The molecule has 61 heavy (non-hydrogen) atoms. The molecule has 12 aromatic rings. The second-order valence-electron chi connectivity index (χ2n) is 15.6. The third-order valence-electron chi connectivity index (χ3n) is 12.2. The van der Waals surface area contributed by atoms with Crippen LogP contribution in [0.4, 0.5) is 17.1 Å². The van der Waals surface area contributed by atoms with Gasteiger partial charge in [-0.15, -0.1) is 0 Å². The van der Waals surface area contributed by atoms with Crippen LogP contribution in [0.1, 0.15) is 0 Å². The Morgan fingerprint density at radius 3 is 1.72 bits per heavy atom. The smallest absolute Gasteiger partial charge is 0.143 e. The molecular weight excluding hydrogens is 741 g/mol. The van der Waals surface area contributed by atoms with Gasteiger partial charge in [-0.25, -0.2) is 0 Å². The summed E-state index contributed by atoms with van der Waals surface area (Å²) in [6, 6.07) is 82.9. The minimum Gasteiger partial charge on any atom is -0.455 e. The van der Waals surface area contributed by atoms with E-state index in [1.54, 1.807) is 0 Å². The van der Waals surface area contributed by atoms with Crippen LogP contribution in [0, 0.1) is 0 Å². The van der Waals surface area contributed by atoms with Gasteiger partial charge in [-0.05, 0) is 88.3 Å². The molecule has 0 unspecified atom stereocenters. The van der Waals surface area contributed by atoms with E-state index in [0.29, 0.717) is 0 Å². The van der Waals surface area contributed by atoms with Gasteiger partial charge in [0.15, 0.2) is 0 Å². The molecule has 10 aromatic carbocycles. The minimum absolute atomic E-state index is 0.877. The van der Waals surface area contributed by atoms with Crippen molar-refractivity contribution in [2.24, 2.45) is 0 Å². The van der Waals surface area contributed by atoms with Crippen molar-refractivity contribution in [1.82, 2.24) is 4.57 Å². The predicted molar refractivity (Wildman–Crippen MR) is 257 cm³/mol. The Kier molecular flexibility index (Phi) is 8.17. The number of anilines is 3. The molecule has 0 spiro atoms. The average molecular weight is 779 g/mol. The first-order valence-electron chi connectivity index (χ1n) is 20.8. The van der Waals surface area contributed by atoms with E-state index in [1.165, 1.54) is 27.2 Å². The van der Waals surface area contributed by atoms with Crippen LogP contribution in [-0.4, -0.2) is 4.57 Å². The molecule has 0 aliphatic rings. The van der Waals surface area contributed by atoms with Crippen LogP contribution in [-0.2, 0) is 0 Å². The Hall–Kier alpha value is -8.14. The van der Waals surface area contributed by atoms with Crippen LogP contribution in [0.15, 0.2) is 235 Å². The van der Waals surface area contributed by atoms with Crippen LogP contribution in [0.5, 0.6) is 0 Å². The van der Waals surface area contributed by atoms with Crippen LogP contribution >= 0.6 is 0 Å². The van der Waals surface area contributed by atoms with Gasteiger partial charge >= 0.3 is 0 Å². The lowest BCUT2D eigenvalue weighted by atomic mass is 9.95. The van der Waals surface area contributed by atoms with Gasteiger partial charge < -0.3 is 13.9 Å². The molecule has 2 aromatic heterocycles. The maximum atomic E-state index is 6.69. The van der Waals surface area contributed by atoms with Crippen LogP contribution in [0.2, 0.25) is 0 Å². The van der Waals surface area contributed by atoms with Gasteiger partial charge in [0.2, 0.25) is 0 Å². The summed E-state index contributed by atoms with van der Waals surface area (Å²) in [4.78, 5) is 2.42. The Morgan fingerprint density at radius 1 is 0.361 bits per heavy atom. The van der Waals surface area contributed by atoms with Crippen molar-refractivity contribution in [2.45, 2.75) is 0 Å². The molecule has 0 N–H and O–H groups in total. The Morgan fingerprint density at radius 2 is 0.951 bits per heavy atom. The molecule has 0 saturated carbocycles. The molecule has 12 rings (SSSR count). The van der Waals surface area contributed by atoms with Crippen molar-refractivity contribution in [3.05, 3.63) is 231 Å². The van der Waals surface area contributed by atoms with Gasteiger partial charge in [-0.2, -0.15) is 0 Å². The Bertz CT molecular complexity index is 3540. The predicted octanol–water partition coefficient (Wildman–Crippen LogP) is 16.3. The van der Waals surface area contributed by atoms with Crippen molar-refractivity contribution in [2.75, 3.05) is 4.90 Å². The highest BCUT2D eigenvalue weighted by atomic mass is 16.3. The lowest BCUT2D eigenvalue weighted by molar-refractivity contribution is 0.673. The fourth-order valence-electron chi connectivity index (χ4n) is 9.44. The first-order chi connectivity index (χ1) is 30.3. The molecule has 0 atom stereocenters. The van der Waals surface area contributed by atoms with Gasteiger partial charge in [-0.3, -0.25) is 0 Å². The van der Waals surface area contributed by atoms with E-state index in [2.05, 4.69) is 240 Å². The normalized spacial score (nSPS) is 11.6. The molecule has 0 aliphatic heterocycles. The highest BCUT2D eigenvalue weighted by Crippen LogP contribution is 2.48. The van der Waals surface area contributed by atoms with Crippen molar-refractivity contribution in [3.63, 3.8) is 0 Å². The van der Waals surface area contributed by atoms with Gasteiger partial charge in [0, 0.05) is 49.4 Å². The summed E-state index contributed by atoms with van der Waals surface area (Å²) < 4.78 is 9.07. The molecule has 0 fully saturated rings. The van der Waals surface area contributed by atoms with Crippen molar-refractivity contribution < 1.29 is 4.42 Å². The number of hydrogen-bond acceptors (Lipinski definition) is 2. The number of para-hydroxylation sites is 4. The number of benzene rings is 10. The molecule has 3 nitrogen and oxygen atoms in total. The molecular formula is C58H38N2O. The Labute approximate surface area is 353 Å². The second kappa shape index (κ2) is 14.3. The maximum absolute atomic E-state index is 6.69. The number of hydrogen-bond donors (Lipinski definition) is 0. The third kappa shape index (κ3) is 5.74. The maximum Gasteiger partial charge on any atom is 0.143 e. The first-order valence-corrected chi connectivity index (χ1v) is 20.8. The number of fused-ring (bicyclic) bond motifs is 8. The monoisotopic (exact) mass is 778 g/mol. The summed E-state index contributed by atoms with van der Waals surface area (Å²) >= 11 is 0. The molecule has 0 bridgehead atoms. The van der Waals surface area contributed by atoms with E-state index in [9.17, 15) is 0 Å². The zero-order valence-corrected chi connectivity index (χ0v) is 33.2. The lowest BCUT2D eigenvalue weighted by Crippen LogP contribution is -2.12. The van der Waals surface area contributed by atoms with Gasteiger partial charge in [0.25, 0.3) is 0 Å². The second-order valence-corrected chi connectivity index (χ2v) is 15.6. The summed E-state index contributed by atoms with van der Waals surface area (Å²) in [6.07, 6.45) is 0. The van der Waals surface area contributed by atoms with E-state index in [0.717, 1.165) is 83.5 Å². The van der Waals surface area contributed by atoms with Crippen LogP contribution < -0.4 is 4.90 Å². The minimum atomic E-state index is 0.877.